The Labute approximate surface area is 235 Å². The first-order valence-corrected chi connectivity index (χ1v) is 13.3. The van der Waals surface area contributed by atoms with Gasteiger partial charge < -0.3 is 4.42 Å². The van der Waals surface area contributed by atoms with Crippen LogP contribution in [0.4, 0.5) is 0 Å². The van der Waals surface area contributed by atoms with Gasteiger partial charge in [0.05, 0.1) is 5.69 Å². The third-order valence-electron chi connectivity index (χ3n) is 7.23. The summed E-state index contributed by atoms with van der Waals surface area (Å²) in [5, 5.41) is 4.03. The average Bonchev–Trinajstić information content (AvgIpc) is 3.44. The van der Waals surface area contributed by atoms with Crippen LogP contribution in [0.15, 0.2) is 132 Å². The maximum absolute atomic E-state index is 6.47. The molecule has 0 saturated carbocycles. The van der Waals surface area contributed by atoms with Crippen molar-refractivity contribution in [3.05, 3.63) is 128 Å². The van der Waals surface area contributed by atoms with Gasteiger partial charge in [-0.05, 0) is 23.6 Å². The summed E-state index contributed by atoms with van der Waals surface area (Å²) in [5.74, 6) is 1.80. The van der Waals surface area contributed by atoms with Gasteiger partial charge in [-0.1, -0.05) is 97.1 Å². The lowest BCUT2D eigenvalue weighted by molar-refractivity contribution is 0.668. The average molecular weight is 528 g/mol. The van der Waals surface area contributed by atoms with E-state index in [2.05, 4.69) is 18.2 Å². The van der Waals surface area contributed by atoms with Crippen molar-refractivity contribution >= 4 is 32.7 Å². The van der Waals surface area contributed by atoms with Gasteiger partial charge in [0, 0.05) is 45.2 Å². The van der Waals surface area contributed by atoms with E-state index < -0.39 is 0 Å². The van der Waals surface area contributed by atoms with Crippen LogP contribution in [0.5, 0.6) is 0 Å². The maximum Gasteiger partial charge on any atom is 0.164 e. The molecule has 0 aliphatic heterocycles. The van der Waals surface area contributed by atoms with E-state index in [-0.39, 0.29) is 0 Å². The molecule has 4 aromatic carbocycles. The fourth-order valence-electron chi connectivity index (χ4n) is 5.26. The van der Waals surface area contributed by atoms with Crippen LogP contribution in [0, 0.1) is 0 Å². The Kier molecular flexibility index (Phi) is 5.35. The second kappa shape index (κ2) is 9.47. The van der Waals surface area contributed by atoms with Crippen molar-refractivity contribution in [3.63, 3.8) is 0 Å². The molecular weight excluding hydrogens is 506 g/mol. The third kappa shape index (κ3) is 4.01. The lowest BCUT2D eigenvalue weighted by Gasteiger charge is -2.09. The summed E-state index contributed by atoms with van der Waals surface area (Å²) in [6.07, 6.45) is 3.68. The highest BCUT2D eigenvalue weighted by atomic mass is 16.3. The molecule has 8 aromatic rings. The molecule has 0 saturated heterocycles. The number of aromatic nitrogens is 5. The zero-order valence-electron chi connectivity index (χ0n) is 21.8. The number of rotatable bonds is 4. The van der Waals surface area contributed by atoms with Crippen LogP contribution in [-0.2, 0) is 0 Å². The topological polar surface area (TPSA) is 77.6 Å². The van der Waals surface area contributed by atoms with E-state index in [9.17, 15) is 0 Å². The molecule has 8 rings (SSSR count). The molecule has 0 N–H and O–H groups in total. The van der Waals surface area contributed by atoms with E-state index in [1.165, 1.54) is 0 Å². The van der Waals surface area contributed by atoms with Gasteiger partial charge in [0.15, 0.2) is 23.1 Å². The van der Waals surface area contributed by atoms with Gasteiger partial charge >= 0.3 is 0 Å². The molecule has 0 atom stereocenters. The van der Waals surface area contributed by atoms with E-state index in [0.29, 0.717) is 28.8 Å². The number of nitrogens with zero attached hydrogens (tertiary/aromatic N) is 5. The Balaban J connectivity index is 1.36. The highest BCUT2D eigenvalue weighted by Crippen LogP contribution is 2.39. The molecule has 41 heavy (non-hydrogen) atoms. The van der Waals surface area contributed by atoms with E-state index in [1.807, 2.05) is 103 Å². The zero-order chi connectivity index (χ0) is 27.2. The van der Waals surface area contributed by atoms with Crippen molar-refractivity contribution in [1.29, 1.82) is 0 Å². The molecule has 192 valence electrons. The van der Waals surface area contributed by atoms with Crippen LogP contribution in [0.2, 0.25) is 0 Å². The molecular formula is C35H21N5O. The number of furan rings is 1. The lowest BCUT2D eigenvalue weighted by Crippen LogP contribution is -2.00. The minimum atomic E-state index is 0.577. The van der Waals surface area contributed by atoms with Crippen LogP contribution in [0.1, 0.15) is 0 Å². The minimum absolute atomic E-state index is 0.577. The van der Waals surface area contributed by atoms with Gasteiger partial charge in [-0.3, -0.25) is 9.97 Å². The van der Waals surface area contributed by atoms with Gasteiger partial charge in [0.25, 0.3) is 0 Å². The summed E-state index contributed by atoms with van der Waals surface area (Å²) in [6.45, 7) is 0. The van der Waals surface area contributed by atoms with Crippen LogP contribution in [-0.4, -0.2) is 24.9 Å². The standard InChI is InChI=1S/C35H21N5O/c1-3-10-22(11-4-1)33-38-34(23-12-5-2-6-13-23)40-35(39-33)27-16-9-17-29-30(27)26-18-19-36-31(32(26)41-29)28-20-24-14-7-8-15-25(24)21-37-28/h1-21H. The molecule has 0 spiro atoms. The van der Waals surface area contributed by atoms with Gasteiger partial charge in [-0.2, -0.15) is 0 Å². The second-order valence-electron chi connectivity index (χ2n) is 9.77. The molecule has 6 heteroatoms. The maximum atomic E-state index is 6.47. The van der Waals surface area contributed by atoms with Crippen molar-refractivity contribution in [2.24, 2.45) is 0 Å². The highest BCUT2D eigenvalue weighted by molar-refractivity contribution is 6.14. The number of hydrogen-bond acceptors (Lipinski definition) is 6. The van der Waals surface area contributed by atoms with E-state index in [1.54, 1.807) is 6.20 Å². The van der Waals surface area contributed by atoms with Crippen molar-refractivity contribution in [2.45, 2.75) is 0 Å². The molecule has 0 aliphatic rings. The molecule has 0 unspecified atom stereocenters. The zero-order valence-corrected chi connectivity index (χ0v) is 21.8. The predicted molar refractivity (Wildman–Crippen MR) is 162 cm³/mol. The fourth-order valence-corrected chi connectivity index (χ4v) is 5.26. The van der Waals surface area contributed by atoms with Gasteiger partial charge in [0.2, 0.25) is 0 Å². The monoisotopic (exact) mass is 527 g/mol. The Bertz CT molecular complexity index is 2150. The predicted octanol–water partition coefficient (Wildman–Crippen LogP) is 8.38. The minimum Gasteiger partial charge on any atom is -0.454 e. The van der Waals surface area contributed by atoms with Gasteiger partial charge in [-0.25, -0.2) is 15.0 Å². The molecule has 4 heterocycles. The van der Waals surface area contributed by atoms with Crippen molar-refractivity contribution in [2.75, 3.05) is 0 Å². The first-order chi connectivity index (χ1) is 20.3. The van der Waals surface area contributed by atoms with Crippen LogP contribution < -0.4 is 0 Å². The first-order valence-electron chi connectivity index (χ1n) is 13.3. The molecule has 0 amide bonds. The van der Waals surface area contributed by atoms with Crippen LogP contribution >= 0.6 is 0 Å². The summed E-state index contributed by atoms with van der Waals surface area (Å²) in [6, 6.07) is 38.1. The number of pyridine rings is 2. The lowest BCUT2D eigenvalue weighted by atomic mass is 10.0. The Morgan fingerprint density at radius 2 is 1.20 bits per heavy atom. The van der Waals surface area contributed by atoms with Crippen molar-refractivity contribution in [1.82, 2.24) is 24.9 Å². The van der Waals surface area contributed by atoms with Crippen molar-refractivity contribution < 1.29 is 4.42 Å². The molecule has 0 fully saturated rings. The Morgan fingerprint density at radius 1 is 0.537 bits per heavy atom. The largest absolute Gasteiger partial charge is 0.454 e. The quantitative estimate of drug-likeness (QED) is 0.229. The highest BCUT2D eigenvalue weighted by Gasteiger charge is 2.20. The van der Waals surface area contributed by atoms with Crippen LogP contribution in [0.25, 0.3) is 78.3 Å². The second-order valence-corrected chi connectivity index (χ2v) is 9.77. The SMILES string of the molecule is c1ccc(-c2nc(-c3ccccc3)nc(-c3cccc4oc5c(-c6cc7ccccc7cn6)nccc5c34)n2)cc1. The van der Waals surface area contributed by atoms with Gasteiger partial charge in [-0.15, -0.1) is 0 Å². The summed E-state index contributed by atoms with van der Waals surface area (Å²) >= 11 is 0. The van der Waals surface area contributed by atoms with Crippen LogP contribution in [0.3, 0.4) is 0 Å². The normalized spacial score (nSPS) is 11.4. The van der Waals surface area contributed by atoms with E-state index >= 15 is 0 Å². The summed E-state index contributed by atoms with van der Waals surface area (Å²) in [4.78, 5) is 24.2. The number of fused-ring (bicyclic) bond motifs is 4. The molecule has 4 aromatic heterocycles. The smallest absolute Gasteiger partial charge is 0.164 e. The molecule has 0 radical (unpaired) electrons. The molecule has 0 aliphatic carbocycles. The summed E-state index contributed by atoms with van der Waals surface area (Å²) in [5.41, 5.74) is 5.57. The Hall–Kier alpha value is -5.75. The summed E-state index contributed by atoms with van der Waals surface area (Å²) < 4.78 is 6.47. The van der Waals surface area contributed by atoms with Crippen molar-refractivity contribution in [3.8, 4) is 45.6 Å². The van der Waals surface area contributed by atoms with E-state index in [0.717, 1.165) is 49.5 Å². The summed E-state index contributed by atoms with van der Waals surface area (Å²) in [7, 11) is 0. The molecule has 6 nitrogen and oxygen atoms in total. The van der Waals surface area contributed by atoms with E-state index in [4.69, 9.17) is 29.3 Å². The number of benzene rings is 4. The van der Waals surface area contributed by atoms with Gasteiger partial charge in [0.1, 0.15) is 11.3 Å². The fraction of sp³-hybridized carbons (Fsp3) is 0. The third-order valence-corrected chi connectivity index (χ3v) is 7.23. The Morgan fingerprint density at radius 3 is 1.93 bits per heavy atom. The number of hydrogen-bond donors (Lipinski definition) is 0. The molecule has 0 bridgehead atoms. The first kappa shape index (κ1) is 23.2.